The molecule has 0 saturated carbocycles. The Labute approximate surface area is 212 Å². The molecule has 5 aromatic rings. The monoisotopic (exact) mass is 490 g/mol. The summed E-state index contributed by atoms with van der Waals surface area (Å²) in [6.07, 6.45) is 4.86. The molecule has 1 atom stereocenters. The van der Waals surface area contributed by atoms with Gasteiger partial charge in [-0.15, -0.1) is 15.3 Å². The lowest BCUT2D eigenvalue weighted by atomic mass is 9.91. The van der Waals surface area contributed by atoms with Crippen molar-refractivity contribution in [2.75, 3.05) is 0 Å². The van der Waals surface area contributed by atoms with Crippen molar-refractivity contribution < 1.29 is 14.6 Å². The summed E-state index contributed by atoms with van der Waals surface area (Å²) < 4.78 is 8.13. The molecule has 1 aliphatic rings. The van der Waals surface area contributed by atoms with Gasteiger partial charge < -0.3 is 9.84 Å². The van der Waals surface area contributed by atoms with E-state index in [1.165, 1.54) is 12.4 Å². The molecule has 3 aromatic carbocycles. The number of hydrogen-bond donors (Lipinski definition) is 1. The molecule has 1 N–H and O–H groups in total. The van der Waals surface area contributed by atoms with Gasteiger partial charge in [0.05, 0.1) is 11.8 Å². The number of aromatic nitrogens is 4. The Balaban J connectivity index is 1.50. The minimum atomic E-state index is -0.771. The average molecular weight is 491 g/mol. The van der Waals surface area contributed by atoms with Crippen LogP contribution in [0.2, 0.25) is 0 Å². The number of hydrogen-bond acceptors (Lipinski definition) is 7. The molecule has 9 heteroatoms. The number of carbonyl (C=O) groups excluding carboxylic acids is 1. The zero-order valence-corrected chi connectivity index (χ0v) is 20.1. The number of phenolic OH excluding ortho intramolecular Hbond substituents is 1. The van der Waals surface area contributed by atoms with Crippen molar-refractivity contribution in [1.82, 2.24) is 20.0 Å². The zero-order chi connectivity index (χ0) is 25.6. The van der Waals surface area contributed by atoms with Gasteiger partial charge in [0.2, 0.25) is 0 Å². The summed E-state index contributed by atoms with van der Waals surface area (Å²) in [4.78, 5) is 16.5. The lowest BCUT2D eigenvalue weighted by Gasteiger charge is -2.26. The molecule has 0 saturated heterocycles. The van der Waals surface area contributed by atoms with Gasteiger partial charge in [-0.25, -0.2) is 4.68 Å². The molecule has 1 aliphatic heterocycles. The van der Waals surface area contributed by atoms with Crippen molar-refractivity contribution in [2.24, 2.45) is 10.2 Å². The Hall–Kier alpha value is -4.92. The fraction of sp³-hybridized carbons (Fsp3) is 0.143. The van der Waals surface area contributed by atoms with E-state index in [2.05, 4.69) is 25.5 Å². The largest absolute Gasteiger partial charge is 0.505 e. The molecule has 0 radical (unpaired) electrons. The van der Waals surface area contributed by atoms with Crippen molar-refractivity contribution in [3.63, 3.8) is 0 Å². The topological polar surface area (TPSA) is 115 Å². The third-order valence-electron chi connectivity index (χ3n) is 6.46. The molecule has 3 heterocycles. The fourth-order valence-corrected chi connectivity index (χ4v) is 4.77. The highest BCUT2D eigenvalue weighted by molar-refractivity contribution is 6.02. The third kappa shape index (κ3) is 3.81. The Morgan fingerprint density at radius 1 is 1.00 bits per heavy atom. The number of phenols is 1. The van der Waals surface area contributed by atoms with Gasteiger partial charge in [-0.05, 0) is 26.0 Å². The second kappa shape index (κ2) is 8.63. The van der Waals surface area contributed by atoms with Gasteiger partial charge in [0.1, 0.15) is 28.8 Å². The molecule has 0 aliphatic carbocycles. The number of aromatic hydroxyl groups is 1. The van der Waals surface area contributed by atoms with Crippen LogP contribution in [0.4, 0.5) is 5.69 Å². The SMILES string of the molecule is CC1(C)Oc2c(c(O)c(N=NC(=O)c3ccncc3)c3ccccc23)C1n1cc(-c2ccccc2)nn1. The predicted octanol–water partition coefficient (Wildman–Crippen LogP) is 5.88. The predicted molar refractivity (Wildman–Crippen MR) is 137 cm³/mol. The van der Waals surface area contributed by atoms with Crippen molar-refractivity contribution in [3.8, 4) is 22.8 Å². The standard InChI is InChI=1S/C28H22N6O3/c1-28(2)26(34-16-21(30-33-34)17-8-4-3-5-9-17)22-24(35)23(19-10-6-7-11-20(19)25(22)37-28)31-32-27(36)18-12-14-29-15-13-18/h3-16,26,35H,1-2H3. The van der Waals surface area contributed by atoms with Crippen LogP contribution in [-0.2, 0) is 0 Å². The van der Waals surface area contributed by atoms with Gasteiger partial charge in [-0.1, -0.05) is 59.8 Å². The first-order chi connectivity index (χ1) is 17.9. The highest BCUT2D eigenvalue weighted by Gasteiger charge is 2.47. The third-order valence-corrected chi connectivity index (χ3v) is 6.46. The van der Waals surface area contributed by atoms with Crippen LogP contribution >= 0.6 is 0 Å². The maximum Gasteiger partial charge on any atom is 0.295 e. The van der Waals surface area contributed by atoms with Crippen molar-refractivity contribution >= 4 is 22.4 Å². The number of ether oxygens (including phenoxy) is 1. The minimum Gasteiger partial charge on any atom is -0.505 e. The molecule has 182 valence electrons. The smallest absolute Gasteiger partial charge is 0.295 e. The number of nitrogens with zero attached hydrogens (tertiary/aromatic N) is 6. The lowest BCUT2D eigenvalue weighted by Crippen LogP contribution is -2.34. The van der Waals surface area contributed by atoms with Crippen LogP contribution in [0.3, 0.4) is 0 Å². The van der Waals surface area contributed by atoms with Gasteiger partial charge in [-0.2, -0.15) is 0 Å². The summed E-state index contributed by atoms with van der Waals surface area (Å²) in [5, 5.41) is 29.8. The average Bonchev–Trinajstić information content (AvgIpc) is 3.51. The van der Waals surface area contributed by atoms with E-state index in [9.17, 15) is 9.90 Å². The van der Waals surface area contributed by atoms with E-state index in [0.717, 1.165) is 10.9 Å². The number of pyridine rings is 1. The van der Waals surface area contributed by atoms with Crippen LogP contribution in [0.1, 0.15) is 35.8 Å². The molecular weight excluding hydrogens is 468 g/mol. The maximum absolute atomic E-state index is 12.6. The maximum atomic E-state index is 12.6. The molecule has 9 nitrogen and oxygen atoms in total. The Morgan fingerprint density at radius 2 is 1.70 bits per heavy atom. The quantitative estimate of drug-likeness (QED) is 0.315. The Morgan fingerprint density at radius 3 is 2.46 bits per heavy atom. The molecule has 0 spiro atoms. The minimum absolute atomic E-state index is 0.118. The summed E-state index contributed by atoms with van der Waals surface area (Å²) in [5.41, 5.74) is 1.91. The van der Waals surface area contributed by atoms with Crippen LogP contribution in [0, 0.1) is 0 Å². The van der Waals surface area contributed by atoms with Crippen LogP contribution in [0.15, 0.2) is 95.5 Å². The van der Waals surface area contributed by atoms with Crippen LogP contribution in [0.5, 0.6) is 11.5 Å². The molecule has 0 bridgehead atoms. The first-order valence-electron chi connectivity index (χ1n) is 11.7. The highest BCUT2D eigenvalue weighted by Crippen LogP contribution is 2.56. The normalized spacial score (nSPS) is 16.1. The Kier molecular flexibility index (Phi) is 5.26. The van der Waals surface area contributed by atoms with Crippen LogP contribution < -0.4 is 4.74 Å². The van der Waals surface area contributed by atoms with E-state index in [-0.39, 0.29) is 11.4 Å². The number of carbonyl (C=O) groups is 1. The molecular formula is C28H22N6O3. The summed E-state index contributed by atoms with van der Waals surface area (Å²) in [7, 11) is 0. The fourth-order valence-electron chi connectivity index (χ4n) is 4.77. The summed E-state index contributed by atoms with van der Waals surface area (Å²) >= 11 is 0. The van der Waals surface area contributed by atoms with E-state index in [1.807, 2.05) is 74.6 Å². The van der Waals surface area contributed by atoms with E-state index >= 15 is 0 Å². The van der Waals surface area contributed by atoms with E-state index < -0.39 is 17.6 Å². The number of benzene rings is 3. The van der Waals surface area contributed by atoms with Crippen molar-refractivity contribution in [3.05, 3.63) is 96.4 Å². The van der Waals surface area contributed by atoms with E-state index in [1.54, 1.807) is 16.8 Å². The van der Waals surface area contributed by atoms with Gasteiger partial charge in [0, 0.05) is 34.3 Å². The molecule has 6 rings (SSSR count). The molecule has 0 fully saturated rings. The van der Waals surface area contributed by atoms with Crippen molar-refractivity contribution in [2.45, 2.75) is 25.5 Å². The first kappa shape index (κ1) is 22.5. The van der Waals surface area contributed by atoms with Gasteiger partial charge >= 0.3 is 0 Å². The number of rotatable bonds is 4. The molecule has 2 aromatic heterocycles. The Bertz CT molecular complexity index is 1660. The number of azo groups is 1. The lowest BCUT2D eigenvalue weighted by molar-refractivity contribution is 0.0941. The van der Waals surface area contributed by atoms with Crippen molar-refractivity contribution in [1.29, 1.82) is 0 Å². The second-order valence-corrected chi connectivity index (χ2v) is 9.28. The van der Waals surface area contributed by atoms with E-state index in [4.69, 9.17) is 4.74 Å². The van der Waals surface area contributed by atoms with E-state index in [0.29, 0.717) is 28.0 Å². The van der Waals surface area contributed by atoms with Crippen LogP contribution in [-0.4, -0.2) is 36.6 Å². The van der Waals surface area contributed by atoms with Crippen LogP contribution in [0.25, 0.3) is 22.0 Å². The molecule has 37 heavy (non-hydrogen) atoms. The van der Waals surface area contributed by atoms with Gasteiger partial charge in [0.25, 0.3) is 5.91 Å². The molecule has 1 amide bonds. The van der Waals surface area contributed by atoms with Gasteiger partial charge in [-0.3, -0.25) is 9.78 Å². The summed E-state index contributed by atoms with van der Waals surface area (Å²) in [5.74, 6) is -0.116. The first-order valence-corrected chi connectivity index (χ1v) is 11.7. The zero-order valence-electron chi connectivity index (χ0n) is 20.1. The summed E-state index contributed by atoms with van der Waals surface area (Å²) in [6, 6.07) is 19.8. The highest BCUT2D eigenvalue weighted by atomic mass is 16.5. The number of amides is 1. The van der Waals surface area contributed by atoms with Gasteiger partial charge in [0.15, 0.2) is 5.75 Å². The number of fused-ring (bicyclic) bond motifs is 3. The molecule has 1 unspecified atom stereocenters. The second-order valence-electron chi connectivity index (χ2n) is 9.28. The summed E-state index contributed by atoms with van der Waals surface area (Å²) in [6.45, 7) is 3.87.